The van der Waals surface area contributed by atoms with Crippen molar-refractivity contribution < 1.29 is 8.42 Å². The average Bonchev–Trinajstić information content (AvgIpc) is 2.83. The van der Waals surface area contributed by atoms with Crippen LogP contribution >= 0.6 is 0 Å². The van der Waals surface area contributed by atoms with Crippen molar-refractivity contribution in [3.8, 4) is 0 Å². The summed E-state index contributed by atoms with van der Waals surface area (Å²) in [5.41, 5.74) is 0.843. The molecular weight excluding hydrogens is 278 g/mol. The SMILES string of the molecule is CNCC1CCCCN1S(=O)(=O)NCc1ccnn1C. The van der Waals surface area contributed by atoms with Gasteiger partial charge < -0.3 is 5.32 Å². The largest absolute Gasteiger partial charge is 0.318 e. The zero-order valence-corrected chi connectivity index (χ0v) is 12.9. The minimum atomic E-state index is -3.45. The van der Waals surface area contributed by atoms with Gasteiger partial charge in [-0.25, -0.2) is 0 Å². The van der Waals surface area contributed by atoms with Crippen LogP contribution in [0.5, 0.6) is 0 Å². The second-order valence-electron chi connectivity index (χ2n) is 5.09. The quantitative estimate of drug-likeness (QED) is 0.764. The molecule has 114 valence electrons. The number of aryl methyl sites for hydroxylation is 1. The fraction of sp³-hybridized carbons (Fsp3) is 0.750. The number of piperidine rings is 1. The maximum absolute atomic E-state index is 12.4. The third kappa shape index (κ3) is 3.57. The fourth-order valence-electron chi connectivity index (χ4n) is 2.55. The minimum absolute atomic E-state index is 0.0396. The highest BCUT2D eigenvalue weighted by Gasteiger charge is 2.31. The molecule has 20 heavy (non-hydrogen) atoms. The first-order valence-electron chi connectivity index (χ1n) is 6.92. The molecule has 1 saturated heterocycles. The summed E-state index contributed by atoms with van der Waals surface area (Å²) in [7, 11) is 0.204. The lowest BCUT2D eigenvalue weighted by atomic mass is 10.1. The van der Waals surface area contributed by atoms with Gasteiger partial charge in [0.25, 0.3) is 10.2 Å². The lowest BCUT2D eigenvalue weighted by Crippen LogP contribution is -2.51. The Morgan fingerprint density at radius 2 is 2.25 bits per heavy atom. The van der Waals surface area contributed by atoms with Gasteiger partial charge in [0.05, 0.1) is 12.2 Å². The second-order valence-corrected chi connectivity index (χ2v) is 6.80. The molecule has 1 fully saturated rings. The lowest BCUT2D eigenvalue weighted by molar-refractivity contribution is 0.246. The van der Waals surface area contributed by atoms with Crippen LogP contribution in [0.3, 0.4) is 0 Å². The number of nitrogens with zero attached hydrogens (tertiary/aromatic N) is 3. The third-order valence-electron chi connectivity index (χ3n) is 3.68. The van der Waals surface area contributed by atoms with Crippen molar-refractivity contribution in [2.75, 3.05) is 20.1 Å². The Hall–Kier alpha value is -0.960. The van der Waals surface area contributed by atoms with E-state index in [0.717, 1.165) is 25.0 Å². The summed E-state index contributed by atoms with van der Waals surface area (Å²) in [5.74, 6) is 0. The predicted molar refractivity (Wildman–Crippen MR) is 77.2 cm³/mol. The van der Waals surface area contributed by atoms with Crippen molar-refractivity contribution >= 4 is 10.2 Å². The summed E-state index contributed by atoms with van der Waals surface area (Å²) in [6.45, 7) is 1.54. The van der Waals surface area contributed by atoms with E-state index in [4.69, 9.17) is 0 Å². The summed E-state index contributed by atoms with van der Waals surface area (Å²) in [4.78, 5) is 0. The van der Waals surface area contributed by atoms with Crippen LogP contribution in [-0.4, -0.2) is 48.7 Å². The standard InChI is InChI=1S/C12H23N5O2S/c1-13-9-12-5-3-4-8-17(12)20(18,19)15-10-11-6-7-14-16(11)2/h6-7,12-13,15H,3-5,8-10H2,1-2H3. The van der Waals surface area contributed by atoms with Crippen molar-refractivity contribution in [2.45, 2.75) is 31.8 Å². The monoisotopic (exact) mass is 301 g/mol. The highest BCUT2D eigenvalue weighted by molar-refractivity contribution is 7.87. The van der Waals surface area contributed by atoms with E-state index in [1.54, 1.807) is 22.2 Å². The number of hydrogen-bond acceptors (Lipinski definition) is 4. The van der Waals surface area contributed by atoms with Crippen molar-refractivity contribution in [1.29, 1.82) is 0 Å². The van der Waals surface area contributed by atoms with Crippen LogP contribution in [0.25, 0.3) is 0 Å². The lowest BCUT2D eigenvalue weighted by Gasteiger charge is -2.34. The van der Waals surface area contributed by atoms with Gasteiger partial charge in [-0.3, -0.25) is 4.68 Å². The smallest absolute Gasteiger partial charge is 0.280 e. The first kappa shape index (κ1) is 15.4. The normalized spacial score (nSPS) is 21.2. The average molecular weight is 301 g/mol. The molecule has 1 aliphatic rings. The van der Waals surface area contributed by atoms with E-state index in [1.165, 1.54) is 0 Å². The van der Waals surface area contributed by atoms with Gasteiger partial charge in [-0.1, -0.05) is 6.42 Å². The van der Waals surface area contributed by atoms with Gasteiger partial charge in [0, 0.05) is 32.4 Å². The van der Waals surface area contributed by atoms with E-state index in [2.05, 4.69) is 15.1 Å². The van der Waals surface area contributed by atoms with Crippen LogP contribution in [-0.2, 0) is 23.8 Å². The Morgan fingerprint density at radius 3 is 2.90 bits per heavy atom. The number of likely N-dealkylation sites (N-methyl/N-ethyl adjacent to an activating group) is 1. The van der Waals surface area contributed by atoms with E-state index < -0.39 is 10.2 Å². The summed E-state index contributed by atoms with van der Waals surface area (Å²) in [5, 5.41) is 7.10. The van der Waals surface area contributed by atoms with Crippen LogP contribution in [0.2, 0.25) is 0 Å². The van der Waals surface area contributed by atoms with Gasteiger partial charge in [0.2, 0.25) is 0 Å². The van der Waals surface area contributed by atoms with Crippen molar-refractivity contribution in [2.24, 2.45) is 7.05 Å². The minimum Gasteiger partial charge on any atom is -0.318 e. The molecule has 0 saturated carbocycles. The fourth-order valence-corrected chi connectivity index (χ4v) is 3.99. The number of nitrogens with one attached hydrogen (secondary N) is 2. The Morgan fingerprint density at radius 1 is 1.45 bits per heavy atom. The molecule has 1 atom stereocenters. The highest BCUT2D eigenvalue weighted by atomic mass is 32.2. The molecule has 0 aromatic carbocycles. The molecule has 7 nitrogen and oxygen atoms in total. The Labute approximate surface area is 120 Å². The molecule has 2 rings (SSSR count). The first-order valence-corrected chi connectivity index (χ1v) is 8.36. The molecule has 0 radical (unpaired) electrons. The molecule has 1 aliphatic heterocycles. The van der Waals surface area contributed by atoms with Gasteiger partial charge in [0.1, 0.15) is 0 Å². The van der Waals surface area contributed by atoms with Gasteiger partial charge in [0.15, 0.2) is 0 Å². The molecule has 1 aromatic heterocycles. The summed E-state index contributed by atoms with van der Waals surface area (Å²) >= 11 is 0. The van der Waals surface area contributed by atoms with E-state index in [-0.39, 0.29) is 12.6 Å². The number of hydrogen-bond donors (Lipinski definition) is 2. The summed E-state index contributed by atoms with van der Waals surface area (Å²) < 4.78 is 30.8. The van der Waals surface area contributed by atoms with Crippen LogP contribution in [0.4, 0.5) is 0 Å². The Balaban J connectivity index is 2.02. The van der Waals surface area contributed by atoms with Crippen molar-refractivity contribution in [1.82, 2.24) is 24.1 Å². The van der Waals surface area contributed by atoms with E-state index in [9.17, 15) is 8.42 Å². The molecular formula is C12H23N5O2S. The van der Waals surface area contributed by atoms with Gasteiger partial charge >= 0.3 is 0 Å². The molecule has 1 unspecified atom stereocenters. The Kier molecular flexibility index (Phi) is 5.14. The molecule has 2 heterocycles. The molecule has 1 aromatic rings. The zero-order chi connectivity index (χ0) is 14.6. The van der Waals surface area contributed by atoms with Gasteiger partial charge in [-0.05, 0) is 26.0 Å². The zero-order valence-electron chi connectivity index (χ0n) is 12.0. The molecule has 8 heteroatoms. The first-order chi connectivity index (χ1) is 9.54. The molecule has 0 spiro atoms. The van der Waals surface area contributed by atoms with Crippen LogP contribution in [0.1, 0.15) is 25.0 Å². The maximum Gasteiger partial charge on any atom is 0.280 e. The highest BCUT2D eigenvalue weighted by Crippen LogP contribution is 2.19. The Bertz CT molecular complexity index is 526. The topological polar surface area (TPSA) is 79.3 Å². The third-order valence-corrected chi connectivity index (χ3v) is 5.29. The van der Waals surface area contributed by atoms with Crippen molar-refractivity contribution in [3.63, 3.8) is 0 Å². The molecule has 0 amide bonds. The second kappa shape index (κ2) is 6.66. The molecule has 0 aliphatic carbocycles. The van der Waals surface area contributed by atoms with Crippen molar-refractivity contribution in [3.05, 3.63) is 18.0 Å². The molecule has 2 N–H and O–H groups in total. The van der Waals surface area contributed by atoms with Crippen LogP contribution in [0, 0.1) is 0 Å². The summed E-state index contributed by atoms with van der Waals surface area (Å²) in [6, 6.07) is 1.85. The van der Waals surface area contributed by atoms with E-state index >= 15 is 0 Å². The number of aromatic nitrogens is 2. The number of rotatable bonds is 6. The van der Waals surface area contributed by atoms with Gasteiger partial charge in [-0.2, -0.15) is 22.5 Å². The van der Waals surface area contributed by atoms with Gasteiger partial charge in [-0.15, -0.1) is 0 Å². The van der Waals surface area contributed by atoms with E-state index in [1.807, 2.05) is 13.1 Å². The predicted octanol–water partition coefficient (Wildman–Crippen LogP) is -0.172. The molecule has 0 bridgehead atoms. The van der Waals surface area contributed by atoms with Crippen LogP contribution < -0.4 is 10.0 Å². The summed E-state index contributed by atoms with van der Waals surface area (Å²) in [6.07, 6.45) is 4.58. The maximum atomic E-state index is 12.4. The van der Waals surface area contributed by atoms with Crippen LogP contribution in [0.15, 0.2) is 12.3 Å². The van der Waals surface area contributed by atoms with E-state index in [0.29, 0.717) is 13.1 Å².